The van der Waals surface area contributed by atoms with Crippen molar-refractivity contribution in [2.45, 2.75) is 57.8 Å². The van der Waals surface area contributed by atoms with E-state index in [1.165, 1.54) is 19.3 Å². The number of hydrogen-bond donors (Lipinski definition) is 1. The fourth-order valence-corrected chi connectivity index (χ4v) is 3.77. The Labute approximate surface area is 136 Å². The predicted octanol–water partition coefficient (Wildman–Crippen LogP) is 4.32. The number of nitrogens with zero attached hydrogens (tertiary/aromatic N) is 2. The Kier molecular flexibility index (Phi) is 3.55. The van der Waals surface area contributed by atoms with Gasteiger partial charge in [-0.3, -0.25) is 0 Å². The molecule has 0 saturated heterocycles. The fraction of sp³-hybridized carbons (Fsp3) is 0.474. The first kappa shape index (κ1) is 14.6. The van der Waals surface area contributed by atoms with E-state index in [0.29, 0.717) is 23.0 Å². The average molecular weight is 311 g/mol. The van der Waals surface area contributed by atoms with Crippen molar-refractivity contribution in [3.8, 4) is 11.3 Å². The highest BCUT2D eigenvalue weighted by atomic mass is 19.1. The number of halogens is 1. The van der Waals surface area contributed by atoms with E-state index >= 15 is 0 Å². The summed E-state index contributed by atoms with van der Waals surface area (Å²) in [7, 11) is 0. The van der Waals surface area contributed by atoms with Gasteiger partial charge in [-0.05, 0) is 74.1 Å². The van der Waals surface area contributed by atoms with Crippen molar-refractivity contribution in [2.24, 2.45) is 0 Å². The first-order valence-corrected chi connectivity index (χ1v) is 8.59. The minimum absolute atomic E-state index is 0.169. The van der Waals surface area contributed by atoms with E-state index in [1.807, 2.05) is 6.92 Å². The third-order valence-electron chi connectivity index (χ3n) is 5.17. The number of nitrogens with two attached hydrogens (primary N) is 1. The van der Waals surface area contributed by atoms with E-state index in [1.54, 1.807) is 6.07 Å². The van der Waals surface area contributed by atoms with Crippen LogP contribution in [0.3, 0.4) is 0 Å². The van der Waals surface area contributed by atoms with Crippen LogP contribution in [0.5, 0.6) is 0 Å². The molecular formula is C19H22FN3. The Hall–Kier alpha value is -1.97. The van der Waals surface area contributed by atoms with Gasteiger partial charge in [-0.25, -0.2) is 4.39 Å². The molecule has 0 aliphatic heterocycles. The molecule has 1 heterocycles. The van der Waals surface area contributed by atoms with Gasteiger partial charge in [-0.1, -0.05) is 12.5 Å². The highest BCUT2D eigenvalue weighted by Gasteiger charge is 2.27. The molecule has 23 heavy (non-hydrogen) atoms. The number of aryl methyl sites for hydroxylation is 1. The number of benzene rings is 1. The summed E-state index contributed by atoms with van der Waals surface area (Å²) in [6.45, 7) is 1.98. The summed E-state index contributed by atoms with van der Waals surface area (Å²) in [4.78, 5) is 0. The largest absolute Gasteiger partial charge is 0.382 e. The van der Waals surface area contributed by atoms with Gasteiger partial charge in [0.05, 0.1) is 5.69 Å². The number of nitrogen functional groups attached to an aromatic ring is 1. The smallest absolute Gasteiger partial charge is 0.149 e. The lowest BCUT2D eigenvalue weighted by Crippen LogP contribution is -2.08. The standard InChI is InChI=1S/C19H22FN3/c1-11-9-13(12-7-8-12)10-16(20)17(11)18-14-5-3-2-4-6-15(14)19(21)23-22-18/h9-10,12H,2-8H2,1H3,(H2,21,23). The van der Waals surface area contributed by atoms with E-state index in [9.17, 15) is 4.39 Å². The lowest BCUT2D eigenvalue weighted by Gasteiger charge is -2.16. The number of hydrogen-bond acceptors (Lipinski definition) is 3. The molecule has 0 radical (unpaired) electrons. The fourth-order valence-electron chi connectivity index (χ4n) is 3.77. The summed E-state index contributed by atoms with van der Waals surface area (Å²) in [6.07, 6.45) is 7.58. The molecule has 2 aromatic rings. The zero-order chi connectivity index (χ0) is 16.0. The second-order valence-corrected chi connectivity index (χ2v) is 6.92. The van der Waals surface area contributed by atoms with Crippen molar-refractivity contribution in [3.63, 3.8) is 0 Å². The lowest BCUT2D eigenvalue weighted by molar-refractivity contribution is 0.626. The Balaban J connectivity index is 1.88. The van der Waals surface area contributed by atoms with E-state index in [4.69, 9.17) is 5.73 Å². The van der Waals surface area contributed by atoms with Gasteiger partial charge in [0.25, 0.3) is 0 Å². The second-order valence-electron chi connectivity index (χ2n) is 6.92. The van der Waals surface area contributed by atoms with Gasteiger partial charge >= 0.3 is 0 Å². The summed E-state index contributed by atoms with van der Waals surface area (Å²) in [6, 6.07) is 3.82. The first-order valence-electron chi connectivity index (χ1n) is 8.59. The van der Waals surface area contributed by atoms with E-state index < -0.39 is 0 Å². The normalized spacial score (nSPS) is 17.7. The molecule has 3 nitrogen and oxygen atoms in total. The van der Waals surface area contributed by atoms with Crippen LogP contribution < -0.4 is 5.73 Å². The SMILES string of the molecule is Cc1cc(C2CC2)cc(F)c1-c1nnc(N)c2c1CCCCC2. The molecule has 0 unspecified atom stereocenters. The van der Waals surface area contributed by atoms with Crippen LogP contribution in [0.15, 0.2) is 12.1 Å². The summed E-state index contributed by atoms with van der Waals surface area (Å²) in [5, 5.41) is 8.42. The zero-order valence-corrected chi connectivity index (χ0v) is 13.5. The molecule has 1 saturated carbocycles. The molecule has 1 aromatic carbocycles. The van der Waals surface area contributed by atoms with Gasteiger partial charge < -0.3 is 5.73 Å². The van der Waals surface area contributed by atoms with Crippen LogP contribution in [0.2, 0.25) is 0 Å². The maximum Gasteiger partial charge on any atom is 0.149 e. The predicted molar refractivity (Wildman–Crippen MR) is 89.8 cm³/mol. The Morgan fingerprint density at radius 1 is 1.04 bits per heavy atom. The van der Waals surface area contributed by atoms with Gasteiger partial charge in [0.15, 0.2) is 0 Å². The topological polar surface area (TPSA) is 51.8 Å². The van der Waals surface area contributed by atoms with Crippen LogP contribution >= 0.6 is 0 Å². The quantitative estimate of drug-likeness (QED) is 0.840. The zero-order valence-electron chi connectivity index (χ0n) is 13.5. The number of rotatable bonds is 2. The van der Waals surface area contributed by atoms with Crippen molar-refractivity contribution < 1.29 is 4.39 Å². The van der Waals surface area contributed by atoms with Crippen molar-refractivity contribution in [3.05, 3.63) is 40.2 Å². The Morgan fingerprint density at radius 3 is 2.48 bits per heavy atom. The minimum atomic E-state index is -0.169. The Bertz CT molecular complexity index is 742. The maximum absolute atomic E-state index is 14.9. The molecule has 4 rings (SSSR count). The van der Waals surface area contributed by atoms with Crippen LogP contribution in [0, 0.1) is 12.7 Å². The van der Waals surface area contributed by atoms with Gasteiger partial charge in [-0.2, -0.15) is 0 Å². The molecule has 2 N–H and O–H groups in total. The van der Waals surface area contributed by atoms with Crippen LogP contribution in [0.1, 0.15) is 60.3 Å². The Morgan fingerprint density at radius 2 is 1.78 bits per heavy atom. The maximum atomic E-state index is 14.9. The van der Waals surface area contributed by atoms with Crippen molar-refractivity contribution in [2.75, 3.05) is 5.73 Å². The third kappa shape index (κ3) is 2.60. The van der Waals surface area contributed by atoms with Gasteiger partial charge in [0.2, 0.25) is 0 Å². The van der Waals surface area contributed by atoms with Gasteiger partial charge in [0, 0.05) is 11.1 Å². The molecule has 0 atom stereocenters. The van der Waals surface area contributed by atoms with Crippen molar-refractivity contribution in [1.29, 1.82) is 0 Å². The molecule has 0 bridgehead atoms. The van der Waals surface area contributed by atoms with Gasteiger partial charge in [0.1, 0.15) is 11.6 Å². The third-order valence-corrected chi connectivity index (χ3v) is 5.17. The summed E-state index contributed by atoms with van der Waals surface area (Å²) in [5.41, 5.74) is 11.6. The van der Waals surface area contributed by atoms with E-state index in [2.05, 4.69) is 16.3 Å². The first-order chi connectivity index (χ1) is 11.1. The highest BCUT2D eigenvalue weighted by molar-refractivity contribution is 5.71. The molecule has 4 heteroatoms. The summed E-state index contributed by atoms with van der Waals surface area (Å²) in [5.74, 6) is 0.891. The number of aromatic nitrogens is 2. The van der Waals surface area contributed by atoms with E-state index in [0.717, 1.165) is 47.9 Å². The molecule has 1 fully saturated rings. The molecule has 2 aliphatic carbocycles. The summed E-state index contributed by atoms with van der Waals surface area (Å²) < 4.78 is 14.9. The number of fused-ring (bicyclic) bond motifs is 1. The molecule has 2 aliphatic rings. The van der Waals surface area contributed by atoms with Crippen LogP contribution in [-0.4, -0.2) is 10.2 Å². The monoisotopic (exact) mass is 311 g/mol. The molecule has 0 amide bonds. The molecule has 1 aromatic heterocycles. The van der Waals surface area contributed by atoms with Crippen LogP contribution in [0.4, 0.5) is 10.2 Å². The minimum Gasteiger partial charge on any atom is -0.382 e. The lowest BCUT2D eigenvalue weighted by atomic mass is 9.93. The molecule has 120 valence electrons. The highest BCUT2D eigenvalue weighted by Crippen LogP contribution is 2.42. The number of anilines is 1. The molecular weight excluding hydrogens is 289 g/mol. The van der Waals surface area contributed by atoms with Crippen molar-refractivity contribution >= 4 is 5.82 Å². The van der Waals surface area contributed by atoms with Crippen LogP contribution in [0.25, 0.3) is 11.3 Å². The summed E-state index contributed by atoms with van der Waals surface area (Å²) >= 11 is 0. The van der Waals surface area contributed by atoms with Gasteiger partial charge in [-0.15, -0.1) is 10.2 Å². The van der Waals surface area contributed by atoms with E-state index in [-0.39, 0.29) is 5.82 Å². The van der Waals surface area contributed by atoms with Crippen LogP contribution in [-0.2, 0) is 12.8 Å². The second kappa shape index (κ2) is 5.59. The van der Waals surface area contributed by atoms with Crippen molar-refractivity contribution in [1.82, 2.24) is 10.2 Å². The molecule has 0 spiro atoms. The average Bonchev–Trinajstić information content (AvgIpc) is 3.35.